The second-order valence-electron chi connectivity index (χ2n) is 5.20. The number of nitrogens with one attached hydrogen (secondary N) is 1. The van der Waals surface area contributed by atoms with Gasteiger partial charge in [-0.3, -0.25) is 9.59 Å². The second kappa shape index (κ2) is 10.8. The number of hydrogen-bond acceptors (Lipinski definition) is 3. The number of carbonyl (C=O) groups is 2. The quantitative estimate of drug-likeness (QED) is 0.800. The molecule has 1 aliphatic carbocycles. The molecule has 0 aromatic rings. The molecule has 1 rings (SSSR count). The van der Waals surface area contributed by atoms with Gasteiger partial charge in [-0.2, -0.15) is 0 Å². The van der Waals surface area contributed by atoms with Gasteiger partial charge in [-0.05, 0) is 25.7 Å². The average molecular weight is 271 g/mol. The van der Waals surface area contributed by atoms with Crippen LogP contribution in [0.15, 0.2) is 0 Å². The largest absolute Gasteiger partial charge is 0.465 e. The Morgan fingerprint density at radius 3 is 2.37 bits per heavy atom. The Morgan fingerprint density at radius 2 is 1.84 bits per heavy atom. The average Bonchev–Trinajstić information content (AvgIpc) is 2.37. The molecule has 1 unspecified atom stereocenters. The number of carbonyl (C=O) groups excluding carboxylic acids is 2. The van der Waals surface area contributed by atoms with Gasteiger partial charge in [-0.1, -0.05) is 40.0 Å². The minimum atomic E-state index is -0.361. The zero-order valence-corrected chi connectivity index (χ0v) is 12.8. The van der Waals surface area contributed by atoms with Crippen molar-refractivity contribution in [2.45, 2.75) is 59.8 Å². The Morgan fingerprint density at radius 1 is 1.21 bits per heavy atom. The van der Waals surface area contributed by atoms with Crippen molar-refractivity contribution in [2.75, 3.05) is 13.2 Å². The van der Waals surface area contributed by atoms with Crippen molar-refractivity contribution in [3.05, 3.63) is 0 Å². The van der Waals surface area contributed by atoms with E-state index in [1.165, 1.54) is 12.8 Å². The Kier molecular flexibility index (Phi) is 10.2. The molecular formula is C15H29NO3. The molecule has 0 heterocycles. The zero-order chi connectivity index (χ0) is 14.7. The number of esters is 1. The van der Waals surface area contributed by atoms with E-state index >= 15 is 0 Å². The summed E-state index contributed by atoms with van der Waals surface area (Å²) in [6, 6.07) is 0. The smallest absolute Gasteiger partial charge is 0.325 e. The maximum absolute atomic E-state index is 11.7. The van der Waals surface area contributed by atoms with E-state index in [9.17, 15) is 9.59 Å². The van der Waals surface area contributed by atoms with Gasteiger partial charge in [0.1, 0.15) is 6.54 Å². The molecule has 1 N–H and O–H groups in total. The summed E-state index contributed by atoms with van der Waals surface area (Å²) in [5, 5.41) is 2.64. The molecule has 1 amide bonds. The van der Waals surface area contributed by atoms with Crippen molar-refractivity contribution in [3.63, 3.8) is 0 Å². The predicted octanol–water partition coefficient (Wildman–Crippen LogP) is 2.91. The maximum Gasteiger partial charge on any atom is 0.325 e. The topological polar surface area (TPSA) is 55.4 Å². The van der Waals surface area contributed by atoms with Gasteiger partial charge in [0.2, 0.25) is 5.91 Å². The molecule has 1 fully saturated rings. The Hall–Kier alpha value is -1.06. The molecule has 1 saturated carbocycles. The molecule has 2 atom stereocenters. The lowest BCUT2D eigenvalue weighted by molar-refractivity contribution is -0.144. The van der Waals surface area contributed by atoms with E-state index in [0.717, 1.165) is 19.3 Å². The first-order valence-electron chi connectivity index (χ1n) is 7.48. The third kappa shape index (κ3) is 8.62. The molecule has 19 heavy (non-hydrogen) atoms. The molecule has 4 nitrogen and oxygen atoms in total. The van der Waals surface area contributed by atoms with E-state index in [4.69, 9.17) is 4.74 Å². The van der Waals surface area contributed by atoms with Crippen molar-refractivity contribution < 1.29 is 14.3 Å². The maximum atomic E-state index is 11.7. The molecule has 0 aromatic heterocycles. The molecular weight excluding hydrogens is 242 g/mol. The number of ether oxygens (including phenoxy) is 1. The highest BCUT2D eigenvalue weighted by Gasteiger charge is 2.25. The van der Waals surface area contributed by atoms with E-state index in [2.05, 4.69) is 26.1 Å². The van der Waals surface area contributed by atoms with Gasteiger partial charge < -0.3 is 10.1 Å². The normalized spacial score (nSPS) is 21.9. The van der Waals surface area contributed by atoms with Gasteiger partial charge in [0.15, 0.2) is 0 Å². The fourth-order valence-electron chi connectivity index (χ4n) is 2.19. The van der Waals surface area contributed by atoms with E-state index in [0.29, 0.717) is 12.5 Å². The highest BCUT2D eigenvalue weighted by molar-refractivity contribution is 5.83. The Labute approximate surface area is 117 Å². The Balaban J connectivity index is 0.000000982. The van der Waals surface area contributed by atoms with Crippen LogP contribution in [0.4, 0.5) is 0 Å². The van der Waals surface area contributed by atoms with E-state index in [1.807, 2.05) is 0 Å². The van der Waals surface area contributed by atoms with Crippen molar-refractivity contribution >= 4 is 11.9 Å². The lowest BCUT2D eigenvalue weighted by atomic mass is 9.82. The highest BCUT2D eigenvalue weighted by Crippen LogP contribution is 2.28. The lowest BCUT2D eigenvalue weighted by Crippen LogP contribution is -2.37. The molecule has 0 spiro atoms. The molecule has 112 valence electrons. The van der Waals surface area contributed by atoms with E-state index in [-0.39, 0.29) is 24.3 Å². The third-order valence-corrected chi connectivity index (χ3v) is 3.02. The number of hydrogen-bond donors (Lipinski definition) is 1. The molecule has 0 aromatic carbocycles. The lowest BCUT2D eigenvalue weighted by Gasteiger charge is -2.25. The summed E-state index contributed by atoms with van der Waals surface area (Å²) in [4.78, 5) is 22.8. The van der Waals surface area contributed by atoms with Crippen LogP contribution in [0.1, 0.15) is 59.8 Å². The summed E-state index contributed by atoms with van der Waals surface area (Å²) >= 11 is 0. The molecule has 0 aliphatic heterocycles. The van der Waals surface area contributed by atoms with Crippen molar-refractivity contribution in [1.82, 2.24) is 5.32 Å². The van der Waals surface area contributed by atoms with Crippen LogP contribution in [-0.2, 0) is 14.3 Å². The molecule has 4 heteroatoms. The van der Waals surface area contributed by atoms with Crippen LogP contribution in [0.2, 0.25) is 0 Å². The van der Waals surface area contributed by atoms with Gasteiger partial charge in [-0.25, -0.2) is 0 Å². The number of rotatable bonds is 4. The summed E-state index contributed by atoms with van der Waals surface area (Å²) in [5.74, 6) is 0.338. The fourth-order valence-corrected chi connectivity index (χ4v) is 2.19. The first kappa shape index (κ1) is 17.9. The first-order chi connectivity index (χ1) is 9.04. The van der Waals surface area contributed by atoms with E-state index in [1.54, 1.807) is 6.92 Å². The molecule has 0 saturated heterocycles. The van der Waals surface area contributed by atoms with Gasteiger partial charge in [0.05, 0.1) is 6.61 Å². The van der Waals surface area contributed by atoms with Crippen LogP contribution in [0, 0.1) is 11.8 Å². The minimum absolute atomic E-state index is 0.000368. The second-order valence-corrected chi connectivity index (χ2v) is 5.20. The molecule has 0 bridgehead atoms. The van der Waals surface area contributed by atoms with Crippen LogP contribution < -0.4 is 5.32 Å². The van der Waals surface area contributed by atoms with Crippen LogP contribution in [0.3, 0.4) is 0 Å². The van der Waals surface area contributed by atoms with Gasteiger partial charge >= 0.3 is 5.97 Å². The van der Waals surface area contributed by atoms with Crippen LogP contribution in [0.25, 0.3) is 0 Å². The fraction of sp³-hybridized carbons (Fsp3) is 0.867. The first-order valence-corrected chi connectivity index (χ1v) is 7.48. The summed E-state index contributed by atoms with van der Waals surface area (Å²) in [7, 11) is 0. The predicted molar refractivity (Wildman–Crippen MR) is 76.7 cm³/mol. The summed E-state index contributed by atoms with van der Waals surface area (Å²) < 4.78 is 4.75. The van der Waals surface area contributed by atoms with Crippen molar-refractivity contribution in [2.24, 2.45) is 11.8 Å². The monoisotopic (exact) mass is 271 g/mol. The summed E-state index contributed by atoms with van der Waals surface area (Å²) in [6.45, 7) is 8.53. The van der Waals surface area contributed by atoms with Gasteiger partial charge in [0, 0.05) is 5.92 Å². The zero-order valence-electron chi connectivity index (χ0n) is 12.8. The third-order valence-electron chi connectivity index (χ3n) is 3.02. The summed E-state index contributed by atoms with van der Waals surface area (Å²) in [5.41, 5.74) is 0. The SMILES string of the molecule is CCC.CCOC(=O)CNC(=O)[C@H]1CCCC(C)C1. The Bertz CT molecular complexity index is 266. The van der Waals surface area contributed by atoms with Gasteiger partial charge in [-0.15, -0.1) is 0 Å². The van der Waals surface area contributed by atoms with Crippen LogP contribution in [0.5, 0.6) is 0 Å². The molecule has 0 radical (unpaired) electrons. The molecule has 1 aliphatic rings. The number of amides is 1. The van der Waals surface area contributed by atoms with Crippen LogP contribution >= 0.6 is 0 Å². The summed E-state index contributed by atoms with van der Waals surface area (Å²) in [6.07, 6.45) is 5.45. The van der Waals surface area contributed by atoms with Gasteiger partial charge in [0.25, 0.3) is 0 Å². The standard InChI is InChI=1S/C12H21NO3.C3H8/c1-3-16-11(14)8-13-12(15)10-6-4-5-9(2)7-10;1-3-2/h9-10H,3-8H2,1-2H3,(H,13,15);3H2,1-2H3/t9?,10-;/m0./s1. The van der Waals surface area contributed by atoms with E-state index < -0.39 is 0 Å². The minimum Gasteiger partial charge on any atom is -0.465 e. The highest BCUT2D eigenvalue weighted by atomic mass is 16.5. The van der Waals surface area contributed by atoms with Crippen molar-refractivity contribution in [3.8, 4) is 0 Å². The van der Waals surface area contributed by atoms with Crippen molar-refractivity contribution in [1.29, 1.82) is 0 Å². The van der Waals surface area contributed by atoms with Crippen LogP contribution in [-0.4, -0.2) is 25.0 Å².